The first-order valence-electron chi connectivity index (χ1n) is 4.16. The van der Waals surface area contributed by atoms with Gasteiger partial charge in [0.25, 0.3) is 0 Å². The molecule has 2 saturated carbocycles. The third kappa shape index (κ3) is 0.385. The van der Waals surface area contributed by atoms with E-state index in [2.05, 4.69) is 6.08 Å². The van der Waals surface area contributed by atoms with Gasteiger partial charge in [-0.15, -0.1) is 0 Å². The molecule has 0 aromatic carbocycles. The van der Waals surface area contributed by atoms with E-state index in [-0.39, 0.29) is 0 Å². The Kier molecular flexibility index (Phi) is 0.633. The standard InChI is InChI=1S/C9H12/c1-2-6-4-7-5-9(6)8(7)3-1/h4,7-9H,1-3,5H2/t7?,8?,9-/m0/s1. The van der Waals surface area contributed by atoms with Crippen molar-refractivity contribution in [1.29, 1.82) is 0 Å². The monoisotopic (exact) mass is 120 g/mol. The SMILES string of the molecule is C1=C2CCCC3C1C[C@@H]23. The van der Waals surface area contributed by atoms with E-state index in [1.54, 1.807) is 0 Å². The average Bonchev–Trinajstić information content (AvgIpc) is 2.30. The van der Waals surface area contributed by atoms with Crippen LogP contribution in [0.25, 0.3) is 0 Å². The smallest absolute Gasteiger partial charge is 0.0163 e. The van der Waals surface area contributed by atoms with Gasteiger partial charge in [-0.25, -0.2) is 0 Å². The van der Waals surface area contributed by atoms with Gasteiger partial charge in [0.1, 0.15) is 0 Å². The van der Waals surface area contributed by atoms with Gasteiger partial charge in [0.05, 0.1) is 0 Å². The van der Waals surface area contributed by atoms with Crippen LogP contribution in [0, 0.1) is 17.8 Å². The van der Waals surface area contributed by atoms with Gasteiger partial charge in [-0.2, -0.15) is 0 Å². The molecule has 3 atom stereocenters. The highest BCUT2D eigenvalue weighted by atomic mass is 14.5. The van der Waals surface area contributed by atoms with Crippen molar-refractivity contribution in [2.24, 2.45) is 17.8 Å². The summed E-state index contributed by atoms with van der Waals surface area (Å²) in [4.78, 5) is 0. The molecule has 0 spiro atoms. The maximum Gasteiger partial charge on any atom is -0.0163 e. The molecule has 4 aliphatic rings. The van der Waals surface area contributed by atoms with E-state index >= 15 is 0 Å². The Morgan fingerprint density at radius 3 is 3.22 bits per heavy atom. The van der Waals surface area contributed by atoms with E-state index in [1.807, 2.05) is 5.57 Å². The van der Waals surface area contributed by atoms with Crippen LogP contribution >= 0.6 is 0 Å². The molecular weight excluding hydrogens is 108 g/mol. The van der Waals surface area contributed by atoms with Gasteiger partial charge >= 0.3 is 0 Å². The van der Waals surface area contributed by atoms with E-state index in [0.29, 0.717) is 0 Å². The minimum Gasteiger partial charge on any atom is -0.0816 e. The van der Waals surface area contributed by atoms with Crippen molar-refractivity contribution >= 4 is 0 Å². The van der Waals surface area contributed by atoms with Gasteiger partial charge < -0.3 is 0 Å². The first-order chi connectivity index (χ1) is 4.45. The summed E-state index contributed by atoms with van der Waals surface area (Å²) >= 11 is 0. The number of hydrogen-bond donors (Lipinski definition) is 0. The van der Waals surface area contributed by atoms with Crippen molar-refractivity contribution in [3.8, 4) is 0 Å². The Labute approximate surface area is 56.0 Å². The van der Waals surface area contributed by atoms with Crippen molar-refractivity contribution < 1.29 is 0 Å². The van der Waals surface area contributed by atoms with Crippen molar-refractivity contribution in [3.05, 3.63) is 11.6 Å². The summed E-state index contributed by atoms with van der Waals surface area (Å²) in [5, 5.41) is 0. The van der Waals surface area contributed by atoms with Crippen molar-refractivity contribution in [2.45, 2.75) is 25.7 Å². The van der Waals surface area contributed by atoms with E-state index in [9.17, 15) is 0 Å². The lowest BCUT2D eigenvalue weighted by molar-refractivity contribution is 0.139. The molecule has 9 heavy (non-hydrogen) atoms. The third-order valence-corrected chi connectivity index (χ3v) is 3.50. The first-order valence-corrected chi connectivity index (χ1v) is 4.16. The summed E-state index contributed by atoms with van der Waals surface area (Å²) in [7, 11) is 0. The van der Waals surface area contributed by atoms with Gasteiger partial charge in [0, 0.05) is 0 Å². The zero-order valence-electron chi connectivity index (χ0n) is 5.64. The Bertz CT molecular complexity index is 178. The van der Waals surface area contributed by atoms with Crippen LogP contribution in [0.4, 0.5) is 0 Å². The largest absolute Gasteiger partial charge is 0.0816 e. The van der Waals surface area contributed by atoms with Crippen molar-refractivity contribution in [1.82, 2.24) is 0 Å². The van der Waals surface area contributed by atoms with E-state index < -0.39 is 0 Å². The molecule has 4 rings (SSSR count). The molecule has 2 unspecified atom stereocenters. The van der Waals surface area contributed by atoms with Crippen LogP contribution in [0.5, 0.6) is 0 Å². The molecule has 0 aromatic rings. The molecule has 4 aliphatic carbocycles. The quantitative estimate of drug-likeness (QED) is 0.430. The Hall–Kier alpha value is -0.260. The summed E-state index contributed by atoms with van der Waals surface area (Å²) in [6, 6.07) is 0. The van der Waals surface area contributed by atoms with Crippen molar-refractivity contribution in [3.63, 3.8) is 0 Å². The highest BCUT2D eigenvalue weighted by Crippen LogP contribution is 2.58. The van der Waals surface area contributed by atoms with Crippen LogP contribution in [0.1, 0.15) is 25.7 Å². The van der Waals surface area contributed by atoms with Gasteiger partial charge in [0.15, 0.2) is 0 Å². The predicted octanol–water partition coefficient (Wildman–Crippen LogP) is 2.36. The molecule has 48 valence electrons. The topological polar surface area (TPSA) is 0 Å². The molecule has 0 N–H and O–H groups in total. The van der Waals surface area contributed by atoms with E-state index in [4.69, 9.17) is 0 Å². The normalized spacial score (nSPS) is 52.4. The van der Waals surface area contributed by atoms with Crippen LogP contribution in [0.2, 0.25) is 0 Å². The molecule has 0 nitrogen and oxygen atoms in total. The summed E-state index contributed by atoms with van der Waals surface area (Å²) in [6.45, 7) is 0. The van der Waals surface area contributed by atoms with Gasteiger partial charge in [-0.1, -0.05) is 11.6 Å². The molecular formula is C9H12. The lowest BCUT2D eigenvalue weighted by Gasteiger charge is -2.40. The van der Waals surface area contributed by atoms with Crippen LogP contribution in [-0.4, -0.2) is 0 Å². The fourth-order valence-electron chi connectivity index (χ4n) is 2.99. The second-order valence-electron chi connectivity index (χ2n) is 3.80. The maximum atomic E-state index is 2.57. The fraction of sp³-hybridized carbons (Fsp3) is 0.778. The lowest BCUT2D eigenvalue weighted by atomic mass is 9.64. The van der Waals surface area contributed by atoms with E-state index in [1.165, 1.54) is 25.7 Å². The highest BCUT2D eigenvalue weighted by Gasteiger charge is 2.48. The predicted molar refractivity (Wildman–Crippen MR) is 37.0 cm³/mol. The summed E-state index contributed by atoms with van der Waals surface area (Å²) in [6.07, 6.45) is 8.57. The molecule has 0 aliphatic heterocycles. The van der Waals surface area contributed by atoms with Gasteiger partial charge in [0.2, 0.25) is 0 Å². The zero-order chi connectivity index (χ0) is 5.84. The molecule has 0 saturated heterocycles. The van der Waals surface area contributed by atoms with Gasteiger partial charge in [-0.05, 0) is 43.4 Å². The van der Waals surface area contributed by atoms with Gasteiger partial charge in [-0.3, -0.25) is 0 Å². The minimum atomic E-state index is 1.05. The Morgan fingerprint density at radius 2 is 2.44 bits per heavy atom. The first kappa shape index (κ1) is 4.54. The summed E-state index contributed by atoms with van der Waals surface area (Å²) in [5.74, 6) is 3.27. The molecule has 4 bridgehead atoms. The number of allylic oxidation sites excluding steroid dienone is 2. The minimum absolute atomic E-state index is 1.05. The van der Waals surface area contributed by atoms with Crippen LogP contribution < -0.4 is 0 Å². The highest BCUT2D eigenvalue weighted by molar-refractivity contribution is 5.28. The van der Waals surface area contributed by atoms with Crippen LogP contribution in [0.3, 0.4) is 0 Å². The summed E-state index contributed by atoms with van der Waals surface area (Å²) in [5.41, 5.74) is 1.83. The zero-order valence-corrected chi connectivity index (χ0v) is 5.64. The summed E-state index contributed by atoms with van der Waals surface area (Å²) < 4.78 is 0. The van der Waals surface area contributed by atoms with Crippen LogP contribution in [-0.2, 0) is 0 Å². The molecule has 0 amide bonds. The maximum absolute atomic E-state index is 2.57. The average molecular weight is 120 g/mol. The second kappa shape index (κ2) is 1.25. The molecule has 0 heteroatoms. The number of rotatable bonds is 0. The van der Waals surface area contributed by atoms with Crippen molar-refractivity contribution in [2.75, 3.05) is 0 Å². The third-order valence-electron chi connectivity index (χ3n) is 3.50. The van der Waals surface area contributed by atoms with Crippen LogP contribution in [0.15, 0.2) is 11.6 Å². The van der Waals surface area contributed by atoms with E-state index in [0.717, 1.165) is 17.8 Å². The fourth-order valence-corrected chi connectivity index (χ4v) is 2.99. The lowest BCUT2D eigenvalue weighted by Crippen LogP contribution is -2.32. The molecule has 0 radical (unpaired) electrons. The number of hydrogen-bond acceptors (Lipinski definition) is 0. The molecule has 2 fully saturated rings. The molecule has 0 heterocycles. The molecule has 0 aromatic heterocycles. The second-order valence-corrected chi connectivity index (χ2v) is 3.80. The Balaban J connectivity index is 2.04. The Morgan fingerprint density at radius 1 is 1.44 bits per heavy atom.